The number of hydrogen-bond donors (Lipinski definition) is 1. The second-order valence-electron chi connectivity index (χ2n) is 4.42. The molecule has 0 spiro atoms. The first-order valence-corrected chi connectivity index (χ1v) is 6.60. The summed E-state index contributed by atoms with van der Waals surface area (Å²) in [6.07, 6.45) is 6.74. The average molecular weight is 294 g/mol. The molecule has 0 saturated carbocycles. The molecule has 0 radical (unpaired) electrons. The fraction of sp³-hybridized carbons (Fsp3) is 0.308. The lowest BCUT2D eigenvalue weighted by molar-refractivity contribution is 0.559. The van der Waals surface area contributed by atoms with Crippen molar-refractivity contribution in [3.63, 3.8) is 0 Å². The smallest absolute Gasteiger partial charge is 0.287 e. The second kappa shape index (κ2) is 6.38. The van der Waals surface area contributed by atoms with Crippen molar-refractivity contribution in [2.45, 2.75) is 26.1 Å². The first kappa shape index (κ1) is 14.3. The van der Waals surface area contributed by atoms with Gasteiger partial charge in [-0.25, -0.2) is 4.68 Å². The quantitative estimate of drug-likeness (QED) is 0.825. The molecule has 2 aromatic heterocycles. The highest BCUT2D eigenvalue weighted by atomic mass is 35.5. The Hall–Kier alpha value is -2.08. The van der Waals surface area contributed by atoms with E-state index in [-0.39, 0.29) is 16.6 Å². The number of aromatic nitrogens is 4. The molecule has 0 aromatic carbocycles. The lowest BCUT2D eigenvalue weighted by Crippen LogP contribution is -2.27. The standard InChI is InChI=1S/C13H16ClN5O/c1-3-6-19-13(20)12(14)11(8-16-19)17-10(2)9-18-7-4-5-15-18/h3-5,7-8,10,17H,1,6,9H2,2H3. The summed E-state index contributed by atoms with van der Waals surface area (Å²) in [5.74, 6) is 0. The fourth-order valence-corrected chi connectivity index (χ4v) is 2.02. The topological polar surface area (TPSA) is 64.7 Å². The predicted molar refractivity (Wildman–Crippen MR) is 79.0 cm³/mol. The van der Waals surface area contributed by atoms with Crippen LogP contribution in [0.4, 0.5) is 5.69 Å². The van der Waals surface area contributed by atoms with Crippen LogP contribution < -0.4 is 10.9 Å². The Bertz CT molecular complexity index is 635. The van der Waals surface area contributed by atoms with Crippen LogP contribution in [0, 0.1) is 0 Å². The number of hydrogen-bond acceptors (Lipinski definition) is 4. The van der Waals surface area contributed by atoms with Gasteiger partial charge in [-0.3, -0.25) is 9.48 Å². The number of rotatable bonds is 6. The first-order chi connectivity index (χ1) is 9.61. The van der Waals surface area contributed by atoms with Crippen LogP contribution in [0.5, 0.6) is 0 Å². The highest BCUT2D eigenvalue weighted by Crippen LogP contribution is 2.16. The molecule has 0 saturated heterocycles. The molecule has 106 valence electrons. The molecular formula is C13H16ClN5O. The molecule has 2 aromatic rings. The Morgan fingerprint density at radius 3 is 3.00 bits per heavy atom. The van der Waals surface area contributed by atoms with E-state index in [1.165, 1.54) is 4.68 Å². The zero-order chi connectivity index (χ0) is 14.5. The maximum atomic E-state index is 11.9. The molecule has 0 fully saturated rings. The number of nitrogens with one attached hydrogen (secondary N) is 1. The van der Waals surface area contributed by atoms with Crippen molar-refractivity contribution in [3.05, 3.63) is 52.7 Å². The molecule has 0 amide bonds. The van der Waals surface area contributed by atoms with Crippen molar-refractivity contribution in [2.75, 3.05) is 5.32 Å². The minimum absolute atomic E-state index is 0.0591. The highest BCUT2D eigenvalue weighted by Gasteiger charge is 2.11. The maximum Gasteiger partial charge on any atom is 0.287 e. The minimum Gasteiger partial charge on any atom is -0.378 e. The van der Waals surface area contributed by atoms with E-state index in [0.717, 1.165) is 0 Å². The summed E-state index contributed by atoms with van der Waals surface area (Å²) in [6, 6.07) is 1.92. The monoisotopic (exact) mass is 293 g/mol. The van der Waals surface area contributed by atoms with Gasteiger partial charge in [-0.1, -0.05) is 17.7 Å². The lowest BCUT2D eigenvalue weighted by Gasteiger charge is -2.16. The van der Waals surface area contributed by atoms with Crippen LogP contribution in [0.2, 0.25) is 5.02 Å². The molecule has 6 nitrogen and oxygen atoms in total. The number of anilines is 1. The van der Waals surface area contributed by atoms with Crippen LogP contribution in [-0.2, 0) is 13.1 Å². The van der Waals surface area contributed by atoms with Gasteiger partial charge in [0, 0.05) is 18.4 Å². The summed E-state index contributed by atoms with van der Waals surface area (Å²) in [7, 11) is 0. The maximum absolute atomic E-state index is 11.9. The van der Waals surface area contributed by atoms with E-state index in [0.29, 0.717) is 18.8 Å². The van der Waals surface area contributed by atoms with Gasteiger partial charge in [0.15, 0.2) is 0 Å². The SMILES string of the molecule is C=CCn1ncc(NC(C)Cn2cccn2)c(Cl)c1=O. The third-order valence-electron chi connectivity index (χ3n) is 2.71. The highest BCUT2D eigenvalue weighted by molar-refractivity contribution is 6.32. The average Bonchev–Trinajstić information content (AvgIpc) is 2.91. The van der Waals surface area contributed by atoms with Crippen molar-refractivity contribution in [1.29, 1.82) is 0 Å². The Labute approximate surface area is 121 Å². The largest absolute Gasteiger partial charge is 0.378 e. The van der Waals surface area contributed by atoms with Gasteiger partial charge in [-0.15, -0.1) is 6.58 Å². The Morgan fingerprint density at radius 1 is 1.55 bits per heavy atom. The zero-order valence-electron chi connectivity index (χ0n) is 11.2. The molecule has 1 unspecified atom stereocenters. The molecule has 2 rings (SSSR count). The molecule has 1 N–H and O–H groups in total. The van der Waals surface area contributed by atoms with E-state index >= 15 is 0 Å². The van der Waals surface area contributed by atoms with Crippen LogP contribution in [0.3, 0.4) is 0 Å². The van der Waals surface area contributed by atoms with E-state index in [1.807, 2.05) is 19.2 Å². The Balaban J connectivity index is 2.11. The molecule has 2 heterocycles. The fourth-order valence-electron chi connectivity index (χ4n) is 1.82. The summed E-state index contributed by atoms with van der Waals surface area (Å²) in [4.78, 5) is 11.9. The summed E-state index contributed by atoms with van der Waals surface area (Å²) >= 11 is 6.07. The molecule has 0 aliphatic heterocycles. The van der Waals surface area contributed by atoms with Crippen LogP contribution in [0.15, 0.2) is 42.1 Å². The normalized spacial score (nSPS) is 12.1. The predicted octanol–water partition coefficient (Wildman–Crippen LogP) is 1.78. The van der Waals surface area contributed by atoms with Crippen LogP contribution in [-0.4, -0.2) is 25.6 Å². The van der Waals surface area contributed by atoms with E-state index in [2.05, 4.69) is 22.1 Å². The zero-order valence-corrected chi connectivity index (χ0v) is 11.9. The van der Waals surface area contributed by atoms with Gasteiger partial charge in [-0.2, -0.15) is 10.2 Å². The number of nitrogens with zero attached hydrogens (tertiary/aromatic N) is 4. The molecule has 0 aliphatic carbocycles. The summed E-state index contributed by atoms with van der Waals surface area (Å²) < 4.78 is 3.07. The van der Waals surface area contributed by atoms with Gasteiger partial charge >= 0.3 is 0 Å². The Morgan fingerprint density at radius 2 is 2.35 bits per heavy atom. The van der Waals surface area contributed by atoms with Crippen molar-refractivity contribution < 1.29 is 0 Å². The molecule has 20 heavy (non-hydrogen) atoms. The lowest BCUT2D eigenvalue weighted by atomic mass is 10.3. The number of halogens is 1. The summed E-state index contributed by atoms with van der Waals surface area (Å²) in [5.41, 5.74) is 0.194. The van der Waals surface area contributed by atoms with Gasteiger partial charge < -0.3 is 5.32 Å². The van der Waals surface area contributed by atoms with Crippen molar-refractivity contribution >= 4 is 17.3 Å². The molecule has 0 bridgehead atoms. The van der Waals surface area contributed by atoms with E-state index in [1.54, 1.807) is 23.2 Å². The van der Waals surface area contributed by atoms with Crippen molar-refractivity contribution in [3.8, 4) is 0 Å². The van der Waals surface area contributed by atoms with Crippen LogP contribution in [0.25, 0.3) is 0 Å². The number of allylic oxidation sites excluding steroid dienone is 1. The van der Waals surface area contributed by atoms with Gasteiger partial charge in [0.2, 0.25) is 0 Å². The minimum atomic E-state index is -0.331. The second-order valence-corrected chi connectivity index (χ2v) is 4.80. The first-order valence-electron chi connectivity index (χ1n) is 6.22. The van der Waals surface area contributed by atoms with Crippen molar-refractivity contribution in [2.24, 2.45) is 0 Å². The third kappa shape index (κ3) is 3.27. The molecular weight excluding hydrogens is 278 g/mol. The van der Waals surface area contributed by atoms with Crippen molar-refractivity contribution in [1.82, 2.24) is 19.6 Å². The van der Waals surface area contributed by atoms with E-state index in [9.17, 15) is 4.79 Å². The molecule has 1 atom stereocenters. The van der Waals surface area contributed by atoms with Gasteiger partial charge in [0.05, 0.1) is 25.0 Å². The van der Waals surface area contributed by atoms with E-state index in [4.69, 9.17) is 11.6 Å². The Kier molecular flexibility index (Phi) is 4.57. The van der Waals surface area contributed by atoms with Gasteiger partial charge in [-0.05, 0) is 13.0 Å². The van der Waals surface area contributed by atoms with Gasteiger partial charge in [0.1, 0.15) is 5.02 Å². The third-order valence-corrected chi connectivity index (χ3v) is 3.07. The van der Waals surface area contributed by atoms with Crippen LogP contribution in [0.1, 0.15) is 6.92 Å². The van der Waals surface area contributed by atoms with Crippen LogP contribution >= 0.6 is 11.6 Å². The summed E-state index contributed by atoms with van der Waals surface area (Å²) in [6.45, 7) is 6.55. The molecule has 0 aliphatic rings. The van der Waals surface area contributed by atoms with E-state index < -0.39 is 0 Å². The summed E-state index contributed by atoms with van der Waals surface area (Å²) in [5, 5.41) is 11.5. The molecule has 7 heteroatoms. The van der Waals surface area contributed by atoms with Gasteiger partial charge in [0.25, 0.3) is 5.56 Å².